The summed E-state index contributed by atoms with van der Waals surface area (Å²) in [6.07, 6.45) is 1.94. The molecule has 4 heteroatoms. The van der Waals surface area contributed by atoms with Gasteiger partial charge in [-0.15, -0.1) is 5.10 Å². The van der Waals surface area contributed by atoms with Crippen molar-refractivity contribution in [3.63, 3.8) is 0 Å². The molecule has 0 radical (unpaired) electrons. The van der Waals surface area contributed by atoms with Gasteiger partial charge in [0.1, 0.15) is 0 Å². The Labute approximate surface area is 59.2 Å². The minimum atomic E-state index is 0.288. The molecular formula is C6H10N4. The topological polar surface area (TPSA) is 67.6 Å². The van der Waals surface area contributed by atoms with Gasteiger partial charge in [-0.25, -0.2) is 0 Å². The van der Waals surface area contributed by atoms with Crippen LogP contribution in [-0.2, 0) is 0 Å². The van der Waals surface area contributed by atoms with Gasteiger partial charge in [0.2, 0.25) is 5.95 Å². The lowest BCUT2D eigenvalue weighted by molar-refractivity contribution is 1.07. The Morgan fingerprint density at radius 2 is 2.40 bits per heavy atom. The number of nitrogen functional groups attached to an aromatic ring is 1. The van der Waals surface area contributed by atoms with Crippen LogP contribution in [0.25, 0.3) is 5.57 Å². The van der Waals surface area contributed by atoms with Gasteiger partial charge in [-0.1, -0.05) is 6.08 Å². The third-order valence-electron chi connectivity index (χ3n) is 1.31. The Kier molecular flexibility index (Phi) is 1.71. The predicted octanol–water partition coefficient (Wildman–Crippen LogP) is 0.810. The van der Waals surface area contributed by atoms with Crippen molar-refractivity contribution in [3.05, 3.63) is 11.9 Å². The molecule has 0 atom stereocenters. The molecule has 0 unspecified atom stereocenters. The third kappa shape index (κ3) is 1.15. The fraction of sp³-hybridized carbons (Fsp3) is 0.333. The second-order valence-electron chi connectivity index (χ2n) is 2.01. The number of hydrogen-bond donors (Lipinski definition) is 2. The largest absolute Gasteiger partial charge is 0.366 e. The van der Waals surface area contributed by atoms with Crippen molar-refractivity contribution in [1.29, 1.82) is 0 Å². The summed E-state index contributed by atoms with van der Waals surface area (Å²) in [4.78, 5) is 3.92. The molecule has 0 bridgehead atoms. The normalized spacial score (nSPS) is 12.0. The molecule has 0 saturated carbocycles. The lowest BCUT2D eigenvalue weighted by Crippen LogP contribution is -1.86. The van der Waals surface area contributed by atoms with Gasteiger partial charge < -0.3 is 5.73 Å². The molecule has 0 fully saturated rings. The van der Waals surface area contributed by atoms with Gasteiger partial charge >= 0.3 is 0 Å². The van der Waals surface area contributed by atoms with Crippen molar-refractivity contribution < 1.29 is 0 Å². The molecule has 0 aromatic carbocycles. The molecule has 1 rings (SSSR count). The van der Waals surface area contributed by atoms with Crippen LogP contribution in [0.3, 0.4) is 0 Å². The van der Waals surface area contributed by atoms with E-state index in [-0.39, 0.29) is 5.95 Å². The third-order valence-corrected chi connectivity index (χ3v) is 1.31. The van der Waals surface area contributed by atoms with Crippen LogP contribution in [0.1, 0.15) is 19.7 Å². The van der Waals surface area contributed by atoms with Crippen molar-refractivity contribution in [2.45, 2.75) is 13.8 Å². The van der Waals surface area contributed by atoms with Crippen LogP contribution in [0, 0.1) is 0 Å². The lowest BCUT2D eigenvalue weighted by Gasteiger charge is -1.88. The molecule has 10 heavy (non-hydrogen) atoms. The van der Waals surface area contributed by atoms with Gasteiger partial charge in [0.25, 0.3) is 0 Å². The van der Waals surface area contributed by atoms with E-state index in [0.29, 0.717) is 0 Å². The molecule has 0 saturated heterocycles. The molecule has 0 amide bonds. The van der Waals surface area contributed by atoms with Crippen LogP contribution in [-0.4, -0.2) is 15.2 Å². The number of aromatic nitrogens is 3. The van der Waals surface area contributed by atoms with Crippen LogP contribution in [0.15, 0.2) is 6.08 Å². The van der Waals surface area contributed by atoms with E-state index in [1.54, 1.807) is 0 Å². The first-order valence-electron chi connectivity index (χ1n) is 3.05. The predicted molar refractivity (Wildman–Crippen MR) is 40.1 cm³/mol. The van der Waals surface area contributed by atoms with E-state index in [2.05, 4.69) is 15.2 Å². The maximum absolute atomic E-state index is 5.29. The van der Waals surface area contributed by atoms with Crippen molar-refractivity contribution in [2.24, 2.45) is 0 Å². The number of hydrogen-bond acceptors (Lipinski definition) is 3. The summed E-state index contributed by atoms with van der Waals surface area (Å²) in [5.74, 6) is 1.02. The van der Waals surface area contributed by atoms with Crippen LogP contribution >= 0.6 is 0 Å². The number of aromatic amines is 1. The first-order chi connectivity index (χ1) is 4.74. The van der Waals surface area contributed by atoms with E-state index in [1.165, 1.54) is 0 Å². The molecule has 1 aromatic heterocycles. The number of nitrogens with two attached hydrogens (primary N) is 1. The minimum Gasteiger partial charge on any atom is -0.366 e. The van der Waals surface area contributed by atoms with Crippen molar-refractivity contribution in [2.75, 3.05) is 5.73 Å². The quantitative estimate of drug-likeness (QED) is 0.603. The van der Waals surface area contributed by atoms with Gasteiger partial charge in [-0.2, -0.15) is 4.98 Å². The molecule has 3 N–H and O–H groups in total. The van der Waals surface area contributed by atoms with Crippen LogP contribution in [0.2, 0.25) is 0 Å². The monoisotopic (exact) mass is 138 g/mol. The van der Waals surface area contributed by atoms with Gasteiger partial charge in [-0.3, -0.25) is 5.10 Å². The highest BCUT2D eigenvalue weighted by molar-refractivity contribution is 5.57. The second kappa shape index (κ2) is 2.51. The summed E-state index contributed by atoms with van der Waals surface area (Å²) < 4.78 is 0. The SMILES string of the molecule is CC=C(C)c1nc(N)n[nH]1. The van der Waals surface area contributed by atoms with Crippen molar-refractivity contribution >= 4 is 11.5 Å². The Hall–Kier alpha value is -1.32. The van der Waals surface area contributed by atoms with Crippen LogP contribution < -0.4 is 5.73 Å². The molecule has 0 aliphatic rings. The van der Waals surface area contributed by atoms with Crippen molar-refractivity contribution in [1.82, 2.24) is 15.2 Å². The van der Waals surface area contributed by atoms with Crippen LogP contribution in [0.4, 0.5) is 5.95 Å². The Morgan fingerprint density at radius 3 is 2.80 bits per heavy atom. The summed E-state index contributed by atoms with van der Waals surface area (Å²) >= 11 is 0. The Balaban J connectivity index is 2.95. The lowest BCUT2D eigenvalue weighted by atomic mass is 10.3. The minimum absolute atomic E-state index is 0.288. The van der Waals surface area contributed by atoms with Gasteiger partial charge in [0.15, 0.2) is 5.82 Å². The molecular weight excluding hydrogens is 128 g/mol. The van der Waals surface area contributed by atoms with E-state index in [4.69, 9.17) is 5.73 Å². The fourth-order valence-corrected chi connectivity index (χ4v) is 0.588. The summed E-state index contributed by atoms with van der Waals surface area (Å²) in [5.41, 5.74) is 6.34. The Bertz CT molecular complexity index is 248. The van der Waals surface area contributed by atoms with Crippen LogP contribution in [0.5, 0.6) is 0 Å². The molecule has 0 spiro atoms. The average molecular weight is 138 g/mol. The maximum Gasteiger partial charge on any atom is 0.239 e. The highest BCUT2D eigenvalue weighted by Crippen LogP contribution is 2.06. The van der Waals surface area contributed by atoms with Gasteiger partial charge in [0, 0.05) is 0 Å². The van der Waals surface area contributed by atoms with Gasteiger partial charge in [-0.05, 0) is 19.4 Å². The first-order valence-corrected chi connectivity index (χ1v) is 3.05. The Morgan fingerprint density at radius 1 is 1.70 bits per heavy atom. The zero-order valence-electron chi connectivity index (χ0n) is 6.05. The highest BCUT2D eigenvalue weighted by Gasteiger charge is 1.98. The number of nitrogens with one attached hydrogen (secondary N) is 1. The smallest absolute Gasteiger partial charge is 0.239 e. The second-order valence-corrected chi connectivity index (χ2v) is 2.01. The number of nitrogens with zero attached hydrogens (tertiary/aromatic N) is 2. The average Bonchev–Trinajstić information content (AvgIpc) is 2.34. The summed E-state index contributed by atoms with van der Waals surface area (Å²) in [7, 11) is 0. The van der Waals surface area contributed by atoms with E-state index in [9.17, 15) is 0 Å². The molecule has 4 nitrogen and oxygen atoms in total. The molecule has 1 heterocycles. The molecule has 1 aromatic rings. The van der Waals surface area contributed by atoms with E-state index >= 15 is 0 Å². The van der Waals surface area contributed by atoms with E-state index in [1.807, 2.05) is 19.9 Å². The number of anilines is 1. The van der Waals surface area contributed by atoms with E-state index in [0.717, 1.165) is 11.4 Å². The molecule has 0 aliphatic heterocycles. The summed E-state index contributed by atoms with van der Waals surface area (Å²) in [6, 6.07) is 0. The first kappa shape index (κ1) is 6.80. The van der Waals surface area contributed by atoms with Gasteiger partial charge in [0.05, 0.1) is 0 Å². The van der Waals surface area contributed by atoms with Crippen molar-refractivity contribution in [3.8, 4) is 0 Å². The number of allylic oxidation sites excluding steroid dienone is 2. The molecule has 54 valence electrons. The number of H-pyrrole nitrogens is 1. The highest BCUT2D eigenvalue weighted by atomic mass is 15.3. The zero-order valence-corrected chi connectivity index (χ0v) is 6.05. The summed E-state index contributed by atoms with van der Waals surface area (Å²) in [6.45, 7) is 3.88. The number of rotatable bonds is 1. The maximum atomic E-state index is 5.29. The molecule has 0 aliphatic carbocycles. The fourth-order valence-electron chi connectivity index (χ4n) is 0.588. The standard InChI is InChI=1S/C6H10N4/c1-3-4(2)5-8-6(7)10-9-5/h3H,1-2H3,(H3,7,8,9,10). The zero-order chi connectivity index (χ0) is 7.56. The van der Waals surface area contributed by atoms with E-state index < -0.39 is 0 Å². The summed E-state index contributed by atoms with van der Waals surface area (Å²) in [5, 5.41) is 6.39.